The van der Waals surface area contributed by atoms with Gasteiger partial charge in [0.2, 0.25) is 0 Å². The summed E-state index contributed by atoms with van der Waals surface area (Å²) in [5.74, 6) is -0.00198. The molecule has 1 aromatic carbocycles. The van der Waals surface area contributed by atoms with Gasteiger partial charge >= 0.3 is 0 Å². The van der Waals surface area contributed by atoms with E-state index >= 15 is 0 Å². The smallest absolute Gasteiger partial charge is 0.255 e. The van der Waals surface area contributed by atoms with Crippen LogP contribution in [0.15, 0.2) is 41.0 Å². The van der Waals surface area contributed by atoms with E-state index in [1.165, 1.54) is 6.07 Å². The van der Waals surface area contributed by atoms with Gasteiger partial charge in [0, 0.05) is 24.3 Å². The Bertz CT molecular complexity index is 649. The highest BCUT2D eigenvalue weighted by molar-refractivity contribution is 9.10. The number of nitrogens with zero attached hydrogens (tertiary/aromatic N) is 1. The number of nitrogens with one attached hydrogen (secondary N) is 2. The van der Waals surface area contributed by atoms with Crippen molar-refractivity contribution in [3.8, 4) is 0 Å². The lowest BCUT2D eigenvalue weighted by atomic mass is 10.1. The highest BCUT2D eigenvalue weighted by Crippen LogP contribution is 2.17. The first-order chi connectivity index (χ1) is 10.1. The molecular weight excluding hydrogens is 337 g/mol. The maximum absolute atomic E-state index is 13.5. The SMILES string of the molecule is CNc1ncc(Br)cc1C(=O)NCCc1ccccc1F. The van der Waals surface area contributed by atoms with Crippen molar-refractivity contribution in [1.82, 2.24) is 10.3 Å². The minimum atomic E-state index is -0.258. The Morgan fingerprint density at radius 3 is 2.86 bits per heavy atom. The highest BCUT2D eigenvalue weighted by atomic mass is 79.9. The largest absolute Gasteiger partial charge is 0.372 e. The molecule has 0 saturated carbocycles. The zero-order valence-electron chi connectivity index (χ0n) is 11.5. The van der Waals surface area contributed by atoms with Crippen LogP contribution >= 0.6 is 15.9 Å². The standard InChI is InChI=1S/C15H15BrFN3O/c1-18-14-12(8-11(16)9-20-14)15(21)19-7-6-10-4-2-3-5-13(10)17/h2-5,8-9H,6-7H2,1H3,(H,18,20)(H,19,21). The van der Waals surface area contributed by atoms with Crippen LogP contribution in [-0.2, 0) is 6.42 Å². The van der Waals surface area contributed by atoms with E-state index in [-0.39, 0.29) is 11.7 Å². The third-order valence-corrected chi connectivity index (χ3v) is 3.41. The molecular formula is C15H15BrFN3O. The summed E-state index contributed by atoms with van der Waals surface area (Å²) in [6.07, 6.45) is 2.05. The minimum absolute atomic E-state index is 0.246. The van der Waals surface area contributed by atoms with Crippen molar-refractivity contribution in [1.29, 1.82) is 0 Å². The lowest BCUT2D eigenvalue weighted by molar-refractivity contribution is 0.0954. The van der Waals surface area contributed by atoms with Crippen LogP contribution in [0.5, 0.6) is 0 Å². The second-order valence-corrected chi connectivity index (χ2v) is 5.31. The molecule has 2 N–H and O–H groups in total. The van der Waals surface area contributed by atoms with Crippen molar-refractivity contribution >= 4 is 27.7 Å². The number of carbonyl (C=O) groups is 1. The monoisotopic (exact) mass is 351 g/mol. The zero-order chi connectivity index (χ0) is 15.2. The molecule has 1 amide bonds. The summed E-state index contributed by atoms with van der Waals surface area (Å²) in [6, 6.07) is 8.23. The molecule has 110 valence electrons. The van der Waals surface area contributed by atoms with Gasteiger partial charge in [0.15, 0.2) is 0 Å². The first-order valence-corrected chi connectivity index (χ1v) is 7.26. The van der Waals surface area contributed by atoms with Gasteiger partial charge in [0.1, 0.15) is 11.6 Å². The molecule has 0 aliphatic carbocycles. The number of hydrogen-bond donors (Lipinski definition) is 2. The molecule has 0 aliphatic heterocycles. The molecule has 2 aromatic rings. The molecule has 0 atom stereocenters. The molecule has 0 spiro atoms. The highest BCUT2D eigenvalue weighted by Gasteiger charge is 2.12. The van der Waals surface area contributed by atoms with Gasteiger partial charge in [-0.1, -0.05) is 18.2 Å². The third-order valence-electron chi connectivity index (χ3n) is 2.97. The maximum Gasteiger partial charge on any atom is 0.255 e. The molecule has 6 heteroatoms. The maximum atomic E-state index is 13.5. The van der Waals surface area contributed by atoms with Crippen molar-refractivity contribution in [3.05, 3.63) is 57.9 Å². The molecule has 0 unspecified atom stereocenters. The number of hydrogen-bond acceptors (Lipinski definition) is 3. The van der Waals surface area contributed by atoms with Crippen molar-refractivity contribution in [2.75, 3.05) is 18.9 Å². The predicted octanol–water partition coefficient (Wildman–Crippen LogP) is 3.00. The van der Waals surface area contributed by atoms with E-state index in [0.29, 0.717) is 29.9 Å². The van der Waals surface area contributed by atoms with Gasteiger partial charge in [-0.25, -0.2) is 9.37 Å². The van der Waals surface area contributed by atoms with Crippen LogP contribution in [0.3, 0.4) is 0 Å². The average molecular weight is 352 g/mol. The molecule has 1 heterocycles. The number of anilines is 1. The first-order valence-electron chi connectivity index (χ1n) is 6.46. The van der Waals surface area contributed by atoms with E-state index in [2.05, 4.69) is 31.5 Å². The fraction of sp³-hybridized carbons (Fsp3) is 0.200. The Kier molecular flexibility index (Phi) is 5.27. The van der Waals surface area contributed by atoms with Gasteiger partial charge in [-0.2, -0.15) is 0 Å². The summed E-state index contributed by atoms with van der Waals surface area (Å²) in [6.45, 7) is 0.357. The van der Waals surface area contributed by atoms with Crippen molar-refractivity contribution in [3.63, 3.8) is 0 Å². The van der Waals surface area contributed by atoms with Crippen LogP contribution in [0, 0.1) is 5.82 Å². The lowest BCUT2D eigenvalue weighted by Crippen LogP contribution is -2.27. The molecule has 0 aliphatic rings. The minimum Gasteiger partial charge on any atom is -0.372 e. The number of aromatic nitrogens is 1. The topological polar surface area (TPSA) is 54.0 Å². The van der Waals surface area contributed by atoms with Crippen LogP contribution in [0.2, 0.25) is 0 Å². The second-order valence-electron chi connectivity index (χ2n) is 4.40. The number of rotatable bonds is 5. The van der Waals surface area contributed by atoms with Crippen LogP contribution in [0.4, 0.5) is 10.2 Å². The average Bonchev–Trinajstić information content (AvgIpc) is 2.49. The predicted molar refractivity (Wildman–Crippen MR) is 83.9 cm³/mol. The molecule has 0 fully saturated rings. The van der Waals surface area contributed by atoms with Crippen LogP contribution in [0.1, 0.15) is 15.9 Å². The van der Waals surface area contributed by atoms with Crippen LogP contribution in [-0.4, -0.2) is 24.5 Å². The summed E-state index contributed by atoms with van der Waals surface area (Å²) >= 11 is 3.29. The molecule has 0 saturated heterocycles. The van der Waals surface area contributed by atoms with Crippen LogP contribution in [0.25, 0.3) is 0 Å². The van der Waals surface area contributed by atoms with E-state index in [4.69, 9.17) is 0 Å². The van der Waals surface area contributed by atoms with Crippen molar-refractivity contribution < 1.29 is 9.18 Å². The summed E-state index contributed by atoms with van der Waals surface area (Å²) in [5, 5.41) is 5.64. The summed E-state index contributed by atoms with van der Waals surface area (Å²) in [5.41, 5.74) is 1.03. The molecule has 1 aromatic heterocycles. The quantitative estimate of drug-likeness (QED) is 0.870. The molecule has 2 rings (SSSR count). The summed E-state index contributed by atoms with van der Waals surface area (Å²) in [7, 11) is 1.70. The fourth-order valence-electron chi connectivity index (χ4n) is 1.92. The Labute approximate surface area is 130 Å². The van der Waals surface area contributed by atoms with Gasteiger partial charge in [-0.15, -0.1) is 0 Å². The van der Waals surface area contributed by atoms with E-state index in [0.717, 1.165) is 4.47 Å². The Balaban J connectivity index is 1.99. The van der Waals surface area contributed by atoms with E-state index in [9.17, 15) is 9.18 Å². The first kappa shape index (κ1) is 15.4. The van der Waals surface area contributed by atoms with Gasteiger partial charge in [0.25, 0.3) is 5.91 Å². The molecule has 0 bridgehead atoms. The van der Waals surface area contributed by atoms with Gasteiger partial charge in [0.05, 0.1) is 5.56 Å². The molecule has 0 radical (unpaired) electrons. The normalized spacial score (nSPS) is 10.2. The number of halogens is 2. The number of carbonyl (C=O) groups excluding carboxylic acids is 1. The number of amides is 1. The second kappa shape index (κ2) is 7.17. The summed E-state index contributed by atoms with van der Waals surface area (Å²) < 4.78 is 14.2. The van der Waals surface area contributed by atoms with Crippen molar-refractivity contribution in [2.45, 2.75) is 6.42 Å². The fourth-order valence-corrected chi connectivity index (χ4v) is 2.25. The van der Waals surface area contributed by atoms with E-state index in [1.54, 1.807) is 37.5 Å². The van der Waals surface area contributed by atoms with Gasteiger partial charge < -0.3 is 10.6 Å². The van der Waals surface area contributed by atoms with Crippen LogP contribution < -0.4 is 10.6 Å². The summed E-state index contributed by atoms with van der Waals surface area (Å²) in [4.78, 5) is 16.3. The Hall–Kier alpha value is -1.95. The Morgan fingerprint density at radius 2 is 2.14 bits per heavy atom. The third kappa shape index (κ3) is 4.01. The number of benzene rings is 1. The molecule has 21 heavy (non-hydrogen) atoms. The van der Waals surface area contributed by atoms with Gasteiger partial charge in [-0.3, -0.25) is 4.79 Å². The zero-order valence-corrected chi connectivity index (χ0v) is 13.1. The Morgan fingerprint density at radius 1 is 1.38 bits per heavy atom. The van der Waals surface area contributed by atoms with E-state index in [1.807, 2.05) is 0 Å². The van der Waals surface area contributed by atoms with E-state index < -0.39 is 0 Å². The lowest BCUT2D eigenvalue weighted by Gasteiger charge is -2.09. The number of pyridine rings is 1. The molecule has 4 nitrogen and oxygen atoms in total. The van der Waals surface area contributed by atoms with Crippen molar-refractivity contribution in [2.24, 2.45) is 0 Å². The van der Waals surface area contributed by atoms with Gasteiger partial charge in [-0.05, 0) is 40.0 Å².